The number of halogens is 1. The van der Waals surface area contributed by atoms with Crippen LogP contribution in [0, 0.1) is 0 Å². The van der Waals surface area contributed by atoms with Crippen molar-refractivity contribution in [3.05, 3.63) is 35.9 Å². The van der Waals surface area contributed by atoms with Crippen molar-refractivity contribution in [3.63, 3.8) is 0 Å². The molecule has 5 nitrogen and oxygen atoms in total. The quantitative estimate of drug-likeness (QED) is 0.861. The topological polar surface area (TPSA) is 58.6 Å². The maximum atomic E-state index is 11.9. The summed E-state index contributed by atoms with van der Waals surface area (Å²) >= 11 is 5.43. The normalized spacial score (nSPS) is 17.9. The predicted octanol–water partition coefficient (Wildman–Crippen LogP) is 1.75. The first kappa shape index (κ1) is 14.7. The highest BCUT2D eigenvalue weighted by Crippen LogP contribution is 2.12. The standard InChI is InChI=1S/C14H17ClN2O3/c15-8-13(18)16-12-6-7-17(9-12)14(19)20-10-11-4-2-1-3-5-11/h1-5,12H,6-10H2,(H,16,18)/t12-/m0/s1. The van der Waals surface area contributed by atoms with Gasteiger partial charge in [-0.25, -0.2) is 4.79 Å². The van der Waals surface area contributed by atoms with Gasteiger partial charge in [-0.05, 0) is 12.0 Å². The summed E-state index contributed by atoms with van der Waals surface area (Å²) in [4.78, 5) is 24.7. The number of carbonyl (C=O) groups excluding carboxylic acids is 2. The van der Waals surface area contributed by atoms with Gasteiger partial charge in [0.05, 0.1) is 0 Å². The first-order chi connectivity index (χ1) is 9.69. The van der Waals surface area contributed by atoms with Gasteiger partial charge in [0.2, 0.25) is 5.91 Å². The number of nitrogens with zero attached hydrogens (tertiary/aromatic N) is 1. The average molecular weight is 297 g/mol. The number of likely N-dealkylation sites (tertiary alicyclic amines) is 1. The summed E-state index contributed by atoms with van der Waals surface area (Å²) in [7, 11) is 0. The molecule has 6 heteroatoms. The van der Waals surface area contributed by atoms with Crippen LogP contribution in [0.1, 0.15) is 12.0 Å². The molecular formula is C14H17ClN2O3. The Kier molecular flexibility index (Phi) is 5.24. The number of carbonyl (C=O) groups is 2. The minimum Gasteiger partial charge on any atom is -0.445 e. The lowest BCUT2D eigenvalue weighted by molar-refractivity contribution is -0.119. The summed E-state index contributed by atoms with van der Waals surface area (Å²) in [5.74, 6) is -0.272. The number of ether oxygens (including phenoxy) is 1. The number of alkyl halides is 1. The largest absolute Gasteiger partial charge is 0.445 e. The van der Waals surface area contributed by atoms with Crippen LogP contribution in [0.4, 0.5) is 4.79 Å². The van der Waals surface area contributed by atoms with Crippen molar-refractivity contribution < 1.29 is 14.3 Å². The van der Waals surface area contributed by atoms with E-state index in [0.29, 0.717) is 13.1 Å². The van der Waals surface area contributed by atoms with Crippen molar-refractivity contribution in [2.24, 2.45) is 0 Å². The fourth-order valence-electron chi connectivity index (χ4n) is 2.12. The zero-order valence-electron chi connectivity index (χ0n) is 11.0. The Labute approximate surface area is 122 Å². The van der Waals surface area contributed by atoms with Crippen LogP contribution < -0.4 is 5.32 Å². The molecule has 1 heterocycles. The molecule has 1 N–H and O–H groups in total. The molecule has 0 aromatic heterocycles. The van der Waals surface area contributed by atoms with Crippen LogP contribution in [-0.4, -0.2) is 41.9 Å². The Morgan fingerprint density at radius 1 is 1.35 bits per heavy atom. The lowest BCUT2D eigenvalue weighted by atomic mass is 10.2. The van der Waals surface area contributed by atoms with E-state index >= 15 is 0 Å². The highest BCUT2D eigenvalue weighted by molar-refractivity contribution is 6.27. The van der Waals surface area contributed by atoms with Crippen LogP contribution in [-0.2, 0) is 16.1 Å². The minimum absolute atomic E-state index is 0.0366. The Morgan fingerprint density at radius 3 is 2.80 bits per heavy atom. The summed E-state index contributed by atoms with van der Waals surface area (Å²) in [5.41, 5.74) is 0.951. The smallest absolute Gasteiger partial charge is 0.410 e. The van der Waals surface area contributed by atoms with Gasteiger partial charge in [-0.15, -0.1) is 11.6 Å². The maximum absolute atomic E-state index is 11.9. The van der Waals surface area contributed by atoms with Crippen molar-refractivity contribution in [1.82, 2.24) is 10.2 Å². The number of hydrogen-bond acceptors (Lipinski definition) is 3. The third kappa shape index (κ3) is 4.13. The van der Waals surface area contributed by atoms with Gasteiger partial charge in [-0.2, -0.15) is 0 Å². The Bertz CT molecular complexity index is 467. The number of benzene rings is 1. The highest BCUT2D eigenvalue weighted by Gasteiger charge is 2.28. The minimum atomic E-state index is -0.350. The number of nitrogens with one attached hydrogen (secondary N) is 1. The van der Waals surface area contributed by atoms with Gasteiger partial charge in [-0.1, -0.05) is 30.3 Å². The lowest BCUT2D eigenvalue weighted by Gasteiger charge is -2.16. The van der Waals surface area contributed by atoms with Crippen molar-refractivity contribution in [3.8, 4) is 0 Å². The second-order valence-corrected chi connectivity index (χ2v) is 4.94. The highest BCUT2D eigenvalue weighted by atomic mass is 35.5. The molecular weight excluding hydrogens is 280 g/mol. The van der Waals surface area contributed by atoms with Gasteiger partial charge < -0.3 is 15.0 Å². The summed E-state index contributed by atoms with van der Waals surface area (Å²) < 4.78 is 5.24. The van der Waals surface area contributed by atoms with E-state index in [9.17, 15) is 9.59 Å². The van der Waals surface area contributed by atoms with Crippen molar-refractivity contribution in [2.75, 3.05) is 19.0 Å². The lowest BCUT2D eigenvalue weighted by Crippen LogP contribution is -2.39. The van der Waals surface area contributed by atoms with E-state index in [1.165, 1.54) is 0 Å². The fraction of sp³-hybridized carbons (Fsp3) is 0.429. The van der Waals surface area contributed by atoms with E-state index in [-0.39, 0.29) is 30.5 Å². The Morgan fingerprint density at radius 2 is 2.10 bits per heavy atom. The van der Waals surface area contributed by atoms with E-state index < -0.39 is 0 Å². The third-order valence-electron chi connectivity index (χ3n) is 3.14. The molecule has 2 rings (SSSR count). The summed E-state index contributed by atoms with van der Waals surface area (Å²) in [6.07, 6.45) is 0.375. The summed E-state index contributed by atoms with van der Waals surface area (Å²) in [5, 5.41) is 2.77. The van der Waals surface area contributed by atoms with Crippen molar-refractivity contribution in [1.29, 1.82) is 0 Å². The van der Waals surface area contributed by atoms with Gasteiger partial charge in [0.1, 0.15) is 12.5 Å². The molecule has 2 amide bonds. The predicted molar refractivity (Wildman–Crippen MR) is 75.5 cm³/mol. The van der Waals surface area contributed by atoms with Crippen LogP contribution >= 0.6 is 11.6 Å². The Hall–Kier alpha value is -1.75. The van der Waals surface area contributed by atoms with Crippen LogP contribution in [0.15, 0.2) is 30.3 Å². The molecule has 1 aliphatic heterocycles. The molecule has 1 saturated heterocycles. The molecule has 0 aliphatic carbocycles. The van der Waals surface area contributed by atoms with Gasteiger partial charge >= 0.3 is 6.09 Å². The van der Waals surface area contributed by atoms with Crippen LogP contribution in [0.2, 0.25) is 0 Å². The number of hydrogen-bond donors (Lipinski definition) is 1. The second-order valence-electron chi connectivity index (χ2n) is 4.67. The Balaban J connectivity index is 1.75. The first-order valence-electron chi connectivity index (χ1n) is 6.50. The number of rotatable bonds is 4. The molecule has 20 heavy (non-hydrogen) atoms. The van der Waals surface area contributed by atoms with E-state index in [0.717, 1.165) is 12.0 Å². The van der Waals surface area contributed by atoms with E-state index in [2.05, 4.69) is 5.32 Å². The molecule has 1 aliphatic rings. The molecule has 1 atom stereocenters. The number of amides is 2. The zero-order chi connectivity index (χ0) is 14.4. The molecule has 0 radical (unpaired) electrons. The molecule has 0 spiro atoms. The summed E-state index contributed by atoms with van der Waals surface area (Å²) in [6, 6.07) is 9.48. The SMILES string of the molecule is O=C(CCl)N[C@H]1CCN(C(=O)OCc2ccccc2)C1. The maximum Gasteiger partial charge on any atom is 0.410 e. The molecule has 1 aromatic rings. The summed E-state index contributed by atoms with van der Waals surface area (Å²) in [6.45, 7) is 1.31. The van der Waals surface area contributed by atoms with Gasteiger partial charge in [0.15, 0.2) is 0 Å². The second kappa shape index (κ2) is 7.14. The van der Waals surface area contributed by atoms with E-state index in [1.807, 2.05) is 30.3 Å². The van der Waals surface area contributed by atoms with E-state index in [1.54, 1.807) is 4.90 Å². The zero-order valence-corrected chi connectivity index (χ0v) is 11.8. The van der Waals surface area contributed by atoms with Crippen LogP contribution in [0.25, 0.3) is 0 Å². The monoisotopic (exact) mass is 296 g/mol. The fourth-order valence-corrected chi connectivity index (χ4v) is 2.20. The van der Waals surface area contributed by atoms with Gasteiger partial charge in [0.25, 0.3) is 0 Å². The van der Waals surface area contributed by atoms with Crippen molar-refractivity contribution in [2.45, 2.75) is 19.1 Å². The van der Waals surface area contributed by atoms with E-state index in [4.69, 9.17) is 16.3 Å². The molecule has 1 fully saturated rings. The van der Waals surface area contributed by atoms with Crippen LogP contribution in [0.3, 0.4) is 0 Å². The molecule has 1 aromatic carbocycles. The third-order valence-corrected chi connectivity index (χ3v) is 3.38. The average Bonchev–Trinajstić information content (AvgIpc) is 2.94. The molecule has 108 valence electrons. The van der Waals surface area contributed by atoms with Gasteiger partial charge in [-0.3, -0.25) is 4.79 Å². The van der Waals surface area contributed by atoms with Crippen LogP contribution in [0.5, 0.6) is 0 Å². The molecule has 0 unspecified atom stereocenters. The first-order valence-corrected chi connectivity index (χ1v) is 7.03. The van der Waals surface area contributed by atoms with Crippen molar-refractivity contribution >= 4 is 23.6 Å². The molecule has 0 saturated carbocycles. The molecule has 0 bridgehead atoms. The van der Waals surface area contributed by atoms with Gasteiger partial charge in [0, 0.05) is 19.1 Å².